The number of carbonyl (C=O) groups excluding carboxylic acids is 1. The van der Waals surface area contributed by atoms with Crippen LogP contribution < -0.4 is 10.1 Å². The topological polar surface area (TPSA) is 51.2 Å². The summed E-state index contributed by atoms with van der Waals surface area (Å²) in [6.07, 6.45) is 4.85. The molecular formula is C21H17BrN2O2. The number of halogens is 1. The molecule has 130 valence electrons. The zero-order valence-corrected chi connectivity index (χ0v) is 15.5. The highest BCUT2D eigenvalue weighted by Crippen LogP contribution is 2.15. The second-order valence-corrected chi connectivity index (χ2v) is 6.44. The van der Waals surface area contributed by atoms with Crippen LogP contribution in [0.3, 0.4) is 0 Å². The molecule has 0 saturated heterocycles. The Balaban J connectivity index is 1.52. The minimum absolute atomic E-state index is 0.232. The maximum absolute atomic E-state index is 11.9. The number of nitrogens with zero attached hydrogens (tertiary/aromatic N) is 1. The molecule has 0 unspecified atom stereocenters. The largest absolute Gasteiger partial charge is 0.489 e. The van der Waals surface area contributed by atoms with E-state index in [0.29, 0.717) is 12.4 Å². The van der Waals surface area contributed by atoms with Gasteiger partial charge in [-0.2, -0.15) is 0 Å². The van der Waals surface area contributed by atoms with Gasteiger partial charge in [-0.3, -0.25) is 4.79 Å². The lowest BCUT2D eigenvalue weighted by Gasteiger charge is -2.06. The van der Waals surface area contributed by atoms with Crippen molar-refractivity contribution in [1.29, 1.82) is 0 Å². The van der Waals surface area contributed by atoms with Crippen molar-refractivity contribution < 1.29 is 9.53 Å². The third-order valence-corrected chi connectivity index (χ3v) is 4.00. The minimum Gasteiger partial charge on any atom is -0.489 e. The smallest absolute Gasteiger partial charge is 0.249 e. The maximum atomic E-state index is 11.9. The molecule has 1 aromatic heterocycles. The summed E-state index contributed by atoms with van der Waals surface area (Å²) in [4.78, 5) is 16.0. The first-order valence-corrected chi connectivity index (χ1v) is 8.86. The highest BCUT2D eigenvalue weighted by Gasteiger charge is 2.00. The predicted molar refractivity (Wildman–Crippen MR) is 107 cm³/mol. The van der Waals surface area contributed by atoms with Crippen molar-refractivity contribution >= 4 is 33.7 Å². The molecule has 0 spiro atoms. The molecule has 1 N–H and O–H groups in total. The first-order chi connectivity index (χ1) is 12.7. The van der Waals surface area contributed by atoms with E-state index >= 15 is 0 Å². The molecule has 2 aromatic carbocycles. The maximum Gasteiger partial charge on any atom is 0.249 e. The van der Waals surface area contributed by atoms with Gasteiger partial charge in [0, 0.05) is 16.7 Å². The van der Waals surface area contributed by atoms with Crippen molar-refractivity contribution in [3.8, 4) is 5.75 Å². The van der Waals surface area contributed by atoms with Crippen LogP contribution in [-0.2, 0) is 11.4 Å². The molecule has 0 bridgehead atoms. The molecule has 0 aliphatic carbocycles. The van der Waals surface area contributed by atoms with E-state index < -0.39 is 0 Å². The number of carbonyl (C=O) groups is 1. The number of nitrogens with one attached hydrogen (secondary N) is 1. The molecule has 5 heteroatoms. The van der Waals surface area contributed by atoms with E-state index in [4.69, 9.17) is 4.74 Å². The normalized spacial score (nSPS) is 10.7. The molecule has 0 radical (unpaired) electrons. The average Bonchev–Trinajstić information content (AvgIpc) is 2.68. The van der Waals surface area contributed by atoms with Crippen LogP contribution in [0.5, 0.6) is 5.75 Å². The predicted octanol–water partition coefficient (Wildman–Crippen LogP) is 5.08. The van der Waals surface area contributed by atoms with Gasteiger partial charge in [0.1, 0.15) is 18.2 Å². The Kier molecular flexibility index (Phi) is 6.17. The second kappa shape index (κ2) is 8.97. The van der Waals surface area contributed by atoms with Crippen LogP contribution in [0.25, 0.3) is 6.08 Å². The van der Waals surface area contributed by atoms with Crippen LogP contribution in [0.1, 0.15) is 11.1 Å². The molecular weight excluding hydrogens is 392 g/mol. The van der Waals surface area contributed by atoms with Crippen LogP contribution in [0.4, 0.5) is 5.82 Å². The average molecular weight is 409 g/mol. The van der Waals surface area contributed by atoms with Gasteiger partial charge < -0.3 is 10.1 Å². The molecule has 1 heterocycles. The molecule has 1 amide bonds. The molecule has 0 aliphatic heterocycles. The Labute approximate surface area is 160 Å². The number of benzene rings is 2. The quantitative estimate of drug-likeness (QED) is 0.578. The Morgan fingerprint density at radius 1 is 1.04 bits per heavy atom. The number of hydrogen-bond acceptors (Lipinski definition) is 3. The third kappa shape index (κ3) is 5.57. The fraction of sp³-hybridized carbons (Fsp3) is 0.0476. The molecule has 0 atom stereocenters. The van der Waals surface area contributed by atoms with E-state index in [0.717, 1.165) is 21.3 Å². The van der Waals surface area contributed by atoms with Gasteiger partial charge in [-0.1, -0.05) is 42.5 Å². The van der Waals surface area contributed by atoms with Crippen LogP contribution >= 0.6 is 15.9 Å². The summed E-state index contributed by atoms with van der Waals surface area (Å²) < 4.78 is 6.61. The SMILES string of the molecule is O=C(/C=C/c1ccc(OCc2ccccc2)cc1)Nc1ccc(Br)cn1. The number of pyridine rings is 1. The third-order valence-electron chi connectivity index (χ3n) is 3.53. The van der Waals surface area contributed by atoms with E-state index in [9.17, 15) is 4.79 Å². The fourth-order valence-electron chi connectivity index (χ4n) is 2.21. The van der Waals surface area contributed by atoms with Crippen molar-refractivity contribution in [2.24, 2.45) is 0 Å². The first kappa shape index (κ1) is 17.9. The molecule has 3 rings (SSSR count). The summed E-state index contributed by atoms with van der Waals surface area (Å²) in [5, 5.41) is 2.71. The van der Waals surface area contributed by atoms with Crippen LogP contribution in [-0.4, -0.2) is 10.9 Å². The molecule has 3 aromatic rings. The lowest BCUT2D eigenvalue weighted by molar-refractivity contribution is -0.111. The van der Waals surface area contributed by atoms with E-state index in [2.05, 4.69) is 26.2 Å². The number of ether oxygens (including phenoxy) is 1. The summed E-state index contributed by atoms with van der Waals surface area (Å²) >= 11 is 3.30. The van der Waals surface area contributed by atoms with Gasteiger partial charge in [0.05, 0.1) is 0 Å². The molecule has 0 saturated carbocycles. The van der Waals surface area contributed by atoms with Gasteiger partial charge in [0.15, 0.2) is 0 Å². The van der Waals surface area contributed by atoms with Crippen molar-refractivity contribution in [1.82, 2.24) is 4.98 Å². The van der Waals surface area contributed by atoms with Gasteiger partial charge in [0.25, 0.3) is 0 Å². The summed E-state index contributed by atoms with van der Waals surface area (Å²) in [6, 6.07) is 21.1. The molecule has 4 nitrogen and oxygen atoms in total. The van der Waals surface area contributed by atoms with Crippen LogP contribution in [0.15, 0.2) is 83.5 Å². The number of aromatic nitrogens is 1. The summed E-state index contributed by atoms with van der Waals surface area (Å²) in [5.41, 5.74) is 2.03. The Morgan fingerprint density at radius 2 is 1.81 bits per heavy atom. The lowest BCUT2D eigenvalue weighted by Crippen LogP contribution is -2.08. The van der Waals surface area contributed by atoms with Gasteiger partial charge in [-0.25, -0.2) is 4.98 Å². The zero-order chi connectivity index (χ0) is 18.2. The Hall–Kier alpha value is -2.92. The van der Waals surface area contributed by atoms with Crippen LogP contribution in [0.2, 0.25) is 0 Å². The molecule has 0 fully saturated rings. The van der Waals surface area contributed by atoms with E-state index in [1.165, 1.54) is 6.08 Å². The number of amides is 1. The number of rotatable bonds is 6. The lowest BCUT2D eigenvalue weighted by atomic mass is 10.2. The molecule has 0 aliphatic rings. The van der Waals surface area contributed by atoms with E-state index in [-0.39, 0.29) is 5.91 Å². The highest BCUT2D eigenvalue weighted by atomic mass is 79.9. The molecule has 26 heavy (non-hydrogen) atoms. The highest BCUT2D eigenvalue weighted by molar-refractivity contribution is 9.10. The second-order valence-electron chi connectivity index (χ2n) is 5.53. The summed E-state index contributed by atoms with van der Waals surface area (Å²) in [6.45, 7) is 0.526. The van der Waals surface area contributed by atoms with Crippen molar-refractivity contribution in [3.05, 3.63) is 94.6 Å². The van der Waals surface area contributed by atoms with Crippen molar-refractivity contribution in [3.63, 3.8) is 0 Å². The van der Waals surface area contributed by atoms with Gasteiger partial charge >= 0.3 is 0 Å². The van der Waals surface area contributed by atoms with E-state index in [1.807, 2.05) is 60.7 Å². The Morgan fingerprint density at radius 3 is 2.50 bits per heavy atom. The first-order valence-electron chi connectivity index (χ1n) is 8.06. The Bertz CT molecular complexity index is 876. The minimum atomic E-state index is -0.232. The van der Waals surface area contributed by atoms with Gasteiger partial charge in [-0.05, 0) is 57.4 Å². The van der Waals surface area contributed by atoms with Gasteiger partial charge in [0.2, 0.25) is 5.91 Å². The van der Waals surface area contributed by atoms with Crippen molar-refractivity contribution in [2.45, 2.75) is 6.61 Å². The standard InChI is InChI=1S/C21H17BrN2O2/c22-18-9-12-20(23-14-18)24-21(25)13-8-16-6-10-19(11-7-16)26-15-17-4-2-1-3-5-17/h1-14H,15H2,(H,23,24,25)/b13-8+. The zero-order valence-electron chi connectivity index (χ0n) is 13.9. The number of hydrogen-bond donors (Lipinski definition) is 1. The number of anilines is 1. The van der Waals surface area contributed by atoms with E-state index in [1.54, 1.807) is 18.3 Å². The monoisotopic (exact) mass is 408 g/mol. The summed E-state index contributed by atoms with van der Waals surface area (Å²) in [7, 11) is 0. The summed E-state index contributed by atoms with van der Waals surface area (Å²) in [5.74, 6) is 1.06. The van der Waals surface area contributed by atoms with Crippen molar-refractivity contribution in [2.75, 3.05) is 5.32 Å². The fourth-order valence-corrected chi connectivity index (χ4v) is 2.44. The van der Waals surface area contributed by atoms with Gasteiger partial charge in [-0.15, -0.1) is 0 Å². The van der Waals surface area contributed by atoms with Crippen LogP contribution in [0, 0.1) is 0 Å².